The van der Waals surface area contributed by atoms with Gasteiger partial charge in [-0.15, -0.1) is 0 Å². The molecule has 2 rings (SSSR count). The molecule has 0 amide bonds. The van der Waals surface area contributed by atoms with Crippen LogP contribution >= 0.6 is 0 Å². The van der Waals surface area contributed by atoms with Crippen LogP contribution in [0.25, 0.3) is 0 Å². The zero-order valence-electron chi connectivity index (χ0n) is 10.4. The van der Waals surface area contributed by atoms with Crippen LogP contribution < -0.4 is 4.74 Å². The van der Waals surface area contributed by atoms with Crippen molar-refractivity contribution >= 4 is 5.97 Å². The number of benzene rings is 1. The van der Waals surface area contributed by atoms with E-state index in [0.29, 0.717) is 16.9 Å². The Hall–Kier alpha value is -1.55. The average Bonchev–Trinajstić information content (AvgIpc) is 2.51. The first-order chi connectivity index (χ1) is 7.79. The number of rotatable bonds is 1. The van der Waals surface area contributed by atoms with Gasteiger partial charge >= 0.3 is 5.97 Å². The highest BCUT2D eigenvalue weighted by molar-refractivity contribution is 5.95. The van der Waals surface area contributed by atoms with Gasteiger partial charge in [0.1, 0.15) is 5.75 Å². The average molecular weight is 236 g/mol. The lowest BCUT2D eigenvalue weighted by atomic mass is 9.81. The lowest BCUT2D eigenvalue weighted by molar-refractivity contribution is -0.228. The van der Waals surface area contributed by atoms with E-state index in [0.717, 1.165) is 0 Å². The van der Waals surface area contributed by atoms with Crippen LogP contribution in [0.3, 0.4) is 0 Å². The van der Waals surface area contributed by atoms with Crippen molar-refractivity contribution in [3.63, 3.8) is 0 Å². The van der Waals surface area contributed by atoms with Gasteiger partial charge in [-0.1, -0.05) is 20.8 Å². The summed E-state index contributed by atoms with van der Waals surface area (Å²) >= 11 is 0. The number of aliphatic hydroxyl groups is 1. The minimum Gasteiger partial charge on any atom is -0.497 e. The highest BCUT2D eigenvalue weighted by Gasteiger charge is 2.52. The summed E-state index contributed by atoms with van der Waals surface area (Å²) in [6.07, 6.45) is 0. The second-order valence-corrected chi connectivity index (χ2v) is 5.20. The first-order valence-corrected chi connectivity index (χ1v) is 5.44. The fourth-order valence-corrected chi connectivity index (χ4v) is 1.92. The molecule has 1 unspecified atom stereocenters. The van der Waals surface area contributed by atoms with Gasteiger partial charge in [0.25, 0.3) is 0 Å². The second-order valence-electron chi connectivity index (χ2n) is 5.20. The van der Waals surface area contributed by atoms with Crippen molar-refractivity contribution in [1.29, 1.82) is 0 Å². The molecular formula is C13H16O4. The quantitative estimate of drug-likeness (QED) is 0.758. The number of methoxy groups -OCH3 is 1. The van der Waals surface area contributed by atoms with Crippen molar-refractivity contribution in [2.45, 2.75) is 26.6 Å². The Labute approximate surface area is 100 Å². The SMILES string of the molecule is COc1ccc2c(c1)C(=O)OC2(O)C(C)(C)C. The van der Waals surface area contributed by atoms with Crippen LogP contribution in [0.1, 0.15) is 36.7 Å². The van der Waals surface area contributed by atoms with Crippen molar-refractivity contribution in [2.24, 2.45) is 5.41 Å². The topological polar surface area (TPSA) is 55.8 Å². The minimum atomic E-state index is -1.58. The van der Waals surface area contributed by atoms with Gasteiger partial charge in [-0.3, -0.25) is 0 Å². The molecule has 1 aliphatic rings. The summed E-state index contributed by atoms with van der Waals surface area (Å²) in [6.45, 7) is 5.46. The van der Waals surface area contributed by atoms with Crippen LogP contribution in [0.5, 0.6) is 5.75 Å². The van der Waals surface area contributed by atoms with Gasteiger partial charge in [0, 0.05) is 11.0 Å². The number of hydrogen-bond donors (Lipinski definition) is 1. The molecule has 1 aromatic carbocycles. The highest BCUT2D eigenvalue weighted by Crippen LogP contribution is 2.47. The van der Waals surface area contributed by atoms with Gasteiger partial charge < -0.3 is 14.6 Å². The van der Waals surface area contributed by atoms with Gasteiger partial charge in [0.15, 0.2) is 0 Å². The van der Waals surface area contributed by atoms with Crippen LogP contribution in [0.15, 0.2) is 18.2 Å². The van der Waals surface area contributed by atoms with E-state index in [9.17, 15) is 9.90 Å². The van der Waals surface area contributed by atoms with Gasteiger partial charge in [-0.2, -0.15) is 0 Å². The van der Waals surface area contributed by atoms with E-state index in [4.69, 9.17) is 9.47 Å². The fraction of sp³-hybridized carbons (Fsp3) is 0.462. The standard InChI is InChI=1S/C13H16O4/c1-12(2,3)13(15)10-6-5-8(16-4)7-9(10)11(14)17-13/h5-7,15H,1-4H3. The minimum absolute atomic E-state index is 0.363. The molecule has 1 heterocycles. The Bertz CT molecular complexity index is 473. The van der Waals surface area contributed by atoms with E-state index in [-0.39, 0.29) is 0 Å². The molecule has 0 radical (unpaired) electrons. The summed E-state index contributed by atoms with van der Waals surface area (Å²) in [6, 6.07) is 4.96. The zero-order valence-corrected chi connectivity index (χ0v) is 10.4. The van der Waals surface area contributed by atoms with Crippen LogP contribution in [0.4, 0.5) is 0 Å². The van der Waals surface area contributed by atoms with Gasteiger partial charge in [0.05, 0.1) is 12.7 Å². The maximum Gasteiger partial charge on any atom is 0.341 e. The van der Waals surface area contributed by atoms with Crippen molar-refractivity contribution in [3.8, 4) is 5.75 Å². The molecule has 1 aliphatic heterocycles. The van der Waals surface area contributed by atoms with Crippen LogP contribution in [-0.4, -0.2) is 18.2 Å². The monoisotopic (exact) mass is 236 g/mol. The largest absolute Gasteiger partial charge is 0.497 e. The van der Waals surface area contributed by atoms with Crippen molar-refractivity contribution in [2.75, 3.05) is 7.11 Å². The number of esters is 1. The third-order valence-electron chi connectivity index (χ3n) is 3.07. The van der Waals surface area contributed by atoms with Crippen LogP contribution in [0.2, 0.25) is 0 Å². The zero-order chi connectivity index (χ0) is 12.8. The van der Waals surface area contributed by atoms with E-state index >= 15 is 0 Å². The number of hydrogen-bond acceptors (Lipinski definition) is 4. The Morgan fingerprint density at radius 2 is 2.00 bits per heavy atom. The van der Waals surface area contributed by atoms with E-state index < -0.39 is 17.2 Å². The lowest BCUT2D eigenvalue weighted by Gasteiger charge is -2.35. The van der Waals surface area contributed by atoms with Crippen molar-refractivity contribution < 1.29 is 19.4 Å². The molecule has 0 spiro atoms. The van der Waals surface area contributed by atoms with Crippen LogP contribution in [-0.2, 0) is 10.5 Å². The Morgan fingerprint density at radius 3 is 2.53 bits per heavy atom. The number of carbonyl (C=O) groups excluding carboxylic acids is 1. The highest BCUT2D eigenvalue weighted by atomic mass is 16.7. The molecular weight excluding hydrogens is 220 g/mol. The predicted octanol–water partition coefficient (Wildman–Crippen LogP) is 2.06. The van der Waals surface area contributed by atoms with Gasteiger partial charge in [-0.05, 0) is 18.2 Å². The summed E-state index contributed by atoms with van der Waals surface area (Å²) in [5.74, 6) is -1.53. The van der Waals surface area contributed by atoms with E-state index in [1.165, 1.54) is 7.11 Å². The number of carbonyl (C=O) groups is 1. The smallest absolute Gasteiger partial charge is 0.341 e. The maximum atomic E-state index is 11.8. The summed E-state index contributed by atoms with van der Waals surface area (Å²) in [5, 5.41) is 10.5. The van der Waals surface area contributed by atoms with Gasteiger partial charge in [-0.25, -0.2) is 4.79 Å². The molecule has 17 heavy (non-hydrogen) atoms. The maximum absolute atomic E-state index is 11.8. The molecule has 0 aromatic heterocycles. The fourth-order valence-electron chi connectivity index (χ4n) is 1.92. The number of cyclic esters (lactones) is 1. The van der Waals surface area contributed by atoms with Crippen LogP contribution in [0, 0.1) is 5.41 Å². The Morgan fingerprint density at radius 1 is 1.35 bits per heavy atom. The molecule has 0 saturated carbocycles. The molecule has 0 bridgehead atoms. The van der Waals surface area contributed by atoms with Crippen molar-refractivity contribution in [1.82, 2.24) is 0 Å². The molecule has 0 aliphatic carbocycles. The first kappa shape index (κ1) is 11.9. The van der Waals surface area contributed by atoms with E-state index in [1.807, 2.05) is 20.8 Å². The third-order valence-corrected chi connectivity index (χ3v) is 3.07. The number of fused-ring (bicyclic) bond motifs is 1. The molecule has 1 N–H and O–H groups in total. The Kier molecular flexibility index (Phi) is 2.43. The molecule has 0 fully saturated rings. The third kappa shape index (κ3) is 1.60. The van der Waals surface area contributed by atoms with Gasteiger partial charge in [0.2, 0.25) is 5.79 Å². The van der Waals surface area contributed by atoms with E-state index in [2.05, 4.69) is 0 Å². The molecule has 92 valence electrons. The second kappa shape index (κ2) is 3.47. The molecule has 4 nitrogen and oxygen atoms in total. The summed E-state index contributed by atoms with van der Waals surface area (Å²) in [5.41, 5.74) is 0.264. The molecule has 1 aromatic rings. The summed E-state index contributed by atoms with van der Waals surface area (Å²) < 4.78 is 10.2. The lowest BCUT2D eigenvalue weighted by Crippen LogP contribution is -2.40. The number of ether oxygens (including phenoxy) is 2. The van der Waals surface area contributed by atoms with Crippen molar-refractivity contribution in [3.05, 3.63) is 29.3 Å². The first-order valence-electron chi connectivity index (χ1n) is 5.44. The molecule has 0 saturated heterocycles. The Balaban J connectivity index is 2.60. The molecule has 1 atom stereocenters. The normalized spacial score (nSPS) is 23.2. The molecule has 4 heteroatoms. The summed E-state index contributed by atoms with van der Waals surface area (Å²) in [4.78, 5) is 11.8. The summed E-state index contributed by atoms with van der Waals surface area (Å²) in [7, 11) is 1.53. The predicted molar refractivity (Wildman–Crippen MR) is 61.8 cm³/mol. The van der Waals surface area contributed by atoms with E-state index in [1.54, 1.807) is 18.2 Å².